The summed E-state index contributed by atoms with van der Waals surface area (Å²) in [5.41, 5.74) is 0. The molecule has 1 aliphatic rings. The number of likely N-dealkylation sites (tertiary alicyclic amines) is 1. The number of carbonyl (C=O) groups is 1. The smallest absolute Gasteiger partial charge is 0.225 e. The molecule has 0 aromatic rings. The normalized spacial score (nSPS) is 21.6. The van der Waals surface area contributed by atoms with Gasteiger partial charge in [-0.15, -0.1) is 0 Å². The maximum absolute atomic E-state index is 11.7. The lowest BCUT2D eigenvalue weighted by molar-refractivity contribution is -0.137. The molecule has 1 rings (SSSR count). The molecule has 13 heavy (non-hydrogen) atoms. The maximum atomic E-state index is 11.7. The summed E-state index contributed by atoms with van der Waals surface area (Å²) in [6, 6.07) is 0. The van der Waals surface area contributed by atoms with Crippen LogP contribution in [0, 0.1) is 5.92 Å². The second kappa shape index (κ2) is 4.61. The van der Waals surface area contributed by atoms with E-state index in [2.05, 4.69) is 0 Å². The van der Waals surface area contributed by atoms with Crippen molar-refractivity contribution < 1.29 is 9.90 Å². The number of hydrogen-bond donors (Lipinski definition) is 1. The molecule has 1 amide bonds. The highest BCUT2D eigenvalue weighted by molar-refractivity contribution is 5.78. The monoisotopic (exact) mass is 185 g/mol. The molecule has 0 bridgehead atoms. The van der Waals surface area contributed by atoms with E-state index in [-0.39, 0.29) is 17.9 Å². The van der Waals surface area contributed by atoms with Gasteiger partial charge in [-0.25, -0.2) is 0 Å². The van der Waals surface area contributed by atoms with Crippen molar-refractivity contribution in [3.05, 3.63) is 0 Å². The average Bonchev–Trinajstić information content (AvgIpc) is 2.17. The van der Waals surface area contributed by atoms with Crippen molar-refractivity contribution >= 4 is 5.91 Å². The minimum atomic E-state index is -0.194. The average molecular weight is 185 g/mol. The molecule has 0 aliphatic carbocycles. The fourth-order valence-electron chi connectivity index (χ4n) is 1.57. The van der Waals surface area contributed by atoms with Crippen LogP contribution in [-0.4, -0.2) is 35.1 Å². The molecule has 3 heteroatoms. The Morgan fingerprint density at radius 2 is 2.08 bits per heavy atom. The van der Waals surface area contributed by atoms with Gasteiger partial charge < -0.3 is 10.0 Å². The lowest BCUT2D eigenvalue weighted by Gasteiger charge is -2.31. The Balaban J connectivity index is 2.40. The molecule has 1 heterocycles. The van der Waals surface area contributed by atoms with Crippen molar-refractivity contribution in [2.75, 3.05) is 13.1 Å². The Hall–Kier alpha value is -0.570. The van der Waals surface area contributed by atoms with Crippen molar-refractivity contribution in [2.45, 2.75) is 39.2 Å². The van der Waals surface area contributed by atoms with Crippen molar-refractivity contribution in [3.63, 3.8) is 0 Å². The molecule has 0 aromatic carbocycles. The van der Waals surface area contributed by atoms with Gasteiger partial charge in [0.1, 0.15) is 0 Å². The third kappa shape index (κ3) is 2.69. The fourth-order valence-corrected chi connectivity index (χ4v) is 1.57. The zero-order chi connectivity index (χ0) is 9.84. The first-order valence-corrected chi connectivity index (χ1v) is 5.12. The molecule has 1 aliphatic heterocycles. The summed E-state index contributed by atoms with van der Waals surface area (Å²) in [4.78, 5) is 13.6. The van der Waals surface area contributed by atoms with E-state index in [9.17, 15) is 9.90 Å². The SMILES string of the molecule is CC[C@H](C)C(=O)N1CCC(O)CC1. The summed E-state index contributed by atoms with van der Waals surface area (Å²) in [5.74, 6) is 0.379. The number of carbonyl (C=O) groups excluding carboxylic acids is 1. The summed E-state index contributed by atoms with van der Waals surface area (Å²) in [6.45, 7) is 5.45. The van der Waals surface area contributed by atoms with Crippen LogP contribution >= 0.6 is 0 Å². The van der Waals surface area contributed by atoms with Gasteiger partial charge in [0.25, 0.3) is 0 Å². The minimum absolute atomic E-state index is 0.134. The molecule has 0 aromatic heterocycles. The number of rotatable bonds is 2. The van der Waals surface area contributed by atoms with Gasteiger partial charge in [-0.1, -0.05) is 13.8 Å². The van der Waals surface area contributed by atoms with Crippen molar-refractivity contribution in [1.29, 1.82) is 0 Å². The second-order valence-electron chi connectivity index (χ2n) is 3.87. The van der Waals surface area contributed by atoms with Crippen LogP contribution in [0.25, 0.3) is 0 Å². The van der Waals surface area contributed by atoms with Crippen LogP contribution in [0.4, 0.5) is 0 Å². The highest BCUT2D eigenvalue weighted by Crippen LogP contribution is 2.14. The third-order valence-electron chi connectivity index (χ3n) is 2.81. The van der Waals surface area contributed by atoms with Crippen LogP contribution in [0.2, 0.25) is 0 Å². The zero-order valence-corrected chi connectivity index (χ0v) is 8.49. The maximum Gasteiger partial charge on any atom is 0.225 e. The number of amides is 1. The highest BCUT2D eigenvalue weighted by Gasteiger charge is 2.23. The van der Waals surface area contributed by atoms with Gasteiger partial charge >= 0.3 is 0 Å². The highest BCUT2D eigenvalue weighted by atomic mass is 16.3. The summed E-state index contributed by atoms with van der Waals surface area (Å²) in [7, 11) is 0. The molecule has 1 fully saturated rings. The second-order valence-corrected chi connectivity index (χ2v) is 3.87. The van der Waals surface area contributed by atoms with E-state index >= 15 is 0 Å². The first-order valence-electron chi connectivity index (χ1n) is 5.12. The van der Waals surface area contributed by atoms with Gasteiger partial charge in [0.05, 0.1) is 6.10 Å². The molecule has 0 saturated carbocycles. The van der Waals surface area contributed by atoms with Crippen LogP contribution in [0.5, 0.6) is 0 Å². The molecule has 3 nitrogen and oxygen atoms in total. The Labute approximate surface area is 79.7 Å². The number of aliphatic hydroxyl groups excluding tert-OH is 1. The number of aliphatic hydroxyl groups is 1. The van der Waals surface area contributed by atoms with Gasteiger partial charge in [0, 0.05) is 19.0 Å². The first-order chi connectivity index (χ1) is 6.15. The van der Waals surface area contributed by atoms with Crippen molar-refractivity contribution in [3.8, 4) is 0 Å². The van der Waals surface area contributed by atoms with Crippen LogP contribution in [0.15, 0.2) is 0 Å². The van der Waals surface area contributed by atoms with E-state index in [1.807, 2.05) is 18.7 Å². The summed E-state index contributed by atoms with van der Waals surface area (Å²) in [5, 5.41) is 9.27. The van der Waals surface area contributed by atoms with Gasteiger partial charge in [-0.05, 0) is 19.3 Å². The predicted molar refractivity (Wildman–Crippen MR) is 51.3 cm³/mol. The lowest BCUT2D eigenvalue weighted by atomic mass is 10.0. The van der Waals surface area contributed by atoms with E-state index in [1.54, 1.807) is 0 Å². The quantitative estimate of drug-likeness (QED) is 0.697. The third-order valence-corrected chi connectivity index (χ3v) is 2.81. The topological polar surface area (TPSA) is 40.5 Å². The van der Waals surface area contributed by atoms with Crippen LogP contribution in [0.3, 0.4) is 0 Å². The van der Waals surface area contributed by atoms with Crippen LogP contribution in [-0.2, 0) is 4.79 Å². The summed E-state index contributed by atoms with van der Waals surface area (Å²) in [6.07, 6.45) is 2.18. The van der Waals surface area contributed by atoms with Crippen LogP contribution in [0.1, 0.15) is 33.1 Å². The van der Waals surface area contributed by atoms with Crippen molar-refractivity contribution in [1.82, 2.24) is 4.90 Å². The molecule has 1 atom stereocenters. The summed E-state index contributed by atoms with van der Waals surface area (Å²) < 4.78 is 0. The molecule has 76 valence electrons. The van der Waals surface area contributed by atoms with E-state index in [0.29, 0.717) is 0 Å². The molecule has 0 radical (unpaired) electrons. The Morgan fingerprint density at radius 1 is 1.54 bits per heavy atom. The molecule has 0 unspecified atom stereocenters. The van der Waals surface area contributed by atoms with Crippen LogP contribution < -0.4 is 0 Å². The Bertz CT molecular complexity index is 174. The van der Waals surface area contributed by atoms with Gasteiger partial charge in [-0.2, -0.15) is 0 Å². The summed E-state index contributed by atoms with van der Waals surface area (Å²) >= 11 is 0. The number of piperidine rings is 1. The molecular formula is C10H19NO2. The fraction of sp³-hybridized carbons (Fsp3) is 0.900. The number of nitrogens with zero attached hydrogens (tertiary/aromatic N) is 1. The largest absolute Gasteiger partial charge is 0.393 e. The number of hydrogen-bond acceptors (Lipinski definition) is 2. The predicted octanol–water partition coefficient (Wildman–Crippen LogP) is 1.02. The van der Waals surface area contributed by atoms with Crippen molar-refractivity contribution in [2.24, 2.45) is 5.92 Å². The molecular weight excluding hydrogens is 166 g/mol. The van der Waals surface area contributed by atoms with Gasteiger partial charge in [-0.3, -0.25) is 4.79 Å². The Morgan fingerprint density at radius 3 is 2.54 bits per heavy atom. The van der Waals surface area contributed by atoms with Gasteiger partial charge in [0.2, 0.25) is 5.91 Å². The first kappa shape index (κ1) is 10.5. The Kier molecular flexibility index (Phi) is 3.72. The minimum Gasteiger partial charge on any atom is -0.393 e. The van der Waals surface area contributed by atoms with Gasteiger partial charge in [0.15, 0.2) is 0 Å². The van der Waals surface area contributed by atoms with E-state index in [4.69, 9.17) is 0 Å². The standard InChI is InChI=1S/C10H19NO2/c1-3-8(2)10(13)11-6-4-9(12)5-7-11/h8-9,12H,3-7H2,1-2H3/t8-/m0/s1. The zero-order valence-electron chi connectivity index (χ0n) is 8.49. The van der Waals surface area contributed by atoms with E-state index < -0.39 is 0 Å². The van der Waals surface area contributed by atoms with E-state index in [0.717, 1.165) is 32.4 Å². The van der Waals surface area contributed by atoms with E-state index in [1.165, 1.54) is 0 Å². The lowest BCUT2D eigenvalue weighted by Crippen LogP contribution is -2.42. The molecule has 0 spiro atoms. The molecule has 1 N–H and O–H groups in total. The molecule has 1 saturated heterocycles.